The Hall–Kier alpha value is -0.760. The van der Waals surface area contributed by atoms with E-state index in [-0.39, 0.29) is 19.1 Å². The minimum Gasteiger partial charge on any atom is -0.391 e. The summed E-state index contributed by atoms with van der Waals surface area (Å²) in [6.45, 7) is 4.89. The van der Waals surface area contributed by atoms with Crippen LogP contribution in [-0.4, -0.2) is 73.4 Å². The molecule has 0 aliphatic rings. The predicted molar refractivity (Wildman–Crippen MR) is 263 cm³/mol. The number of carbonyl (C=O) groups excluding carboxylic acids is 1. The highest BCUT2D eigenvalue weighted by atomic mass is 31.2. The molecule has 61 heavy (non-hydrogen) atoms. The second-order valence-electron chi connectivity index (χ2n) is 19.6. The van der Waals surface area contributed by atoms with Crippen LogP contribution >= 0.6 is 7.82 Å². The monoisotopic (exact) mass is 886 g/mol. The first kappa shape index (κ1) is 60.2. The van der Waals surface area contributed by atoms with Crippen LogP contribution in [0, 0.1) is 0 Å². The van der Waals surface area contributed by atoms with Crippen LogP contribution in [0.1, 0.15) is 264 Å². The molecule has 364 valence electrons. The number of quaternary nitrogens is 1. The van der Waals surface area contributed by atoms with Gasteiger partial charge in [-0.2, -0.15) is 0 Å². The molecule has 3 unspecified atom stereocenters. The Labute approximate surface area is 380 Å². The van der Waals surface area contributed by atoms with Crippen molar-refractivity contribution in [3.05, 3.63) is 12.2 Å². The highest BCUT2D eigenvalue weighted by Gasteiger charge is 2.28. The molecule has 0 aromatic carbocycles. The van der Waals surface area contributed by atoms with Crippen molar-refractivity contribution < 1.29 is 32.9 Å². The van der Waals surface area contributed by atoms with E-state index in [0.29, 0.717) is 23.9 Å². The van der Waals surface area contributed by atoms with E-state index in [0.717, 1.165) is 38.5 Å². The third-order valence-corrected chi connectivity index (χ3v) is 13.2. The third-order valence-electron chi connectivity index (χ3n) is 12.3. The second kappa shape index (κ2) is 44.4. The fraction of sp³-hybridized carbons (Fsp3) is 0.942. The molecule has 0 saturated heterocycles. The minimum atomic E-state index is -4.31. The Morgan fingerprint density at radius 3 is 1.26 bits per heavy atom. The van der Waals surface area contributed by atoms with Crippen molar-refractivity contribution in [2.75, 3.05) is 40.9 Å². The third kappa shape index (κ3) is 47.0. The van der Waals surface area contributed by atoms with E-state index >= 15 is 0 Å². The first-order chi connectivity index (χ1) is 29.5. The number of phosphoric acid groups is 1. The molecule has 3 atom stereocenters. The molecule has 1 amide bonds. The molecule has 0 aromatic rings. The van der Waals surface area contributed by atoms with Crippen LogP contribution in [0.5, 0.6) is 0 Å². The summed E-state index contributed by atoms with van der Waals surface area (Å²) < 4.78 is 23.6. The molecule has 0 heterocycles. The predicted octanol–water partition coefficient (Wildman–Crippen LogP) is 15.5. The summed E-state index contributed by atoms with van der Waals surface area (Å²) in [6.07, 6.45) is 52.8. The van der Waals surface area contributed by atoms with Gasteiger partial charge in [0, 0.05) is 6.42 Å². The van der Waals surface area contributed by atoms with E-state index in [1.165, 1.54) is 199 Å². The molecule has 0 aromatic heterocycles. The van der Waals surface area contributed by atoms with E-state index < -0.39 is 20.0 Å². The largest absolute Gasteiger partial charge is 0.472 e. The van der Waals surface area contributed by atoms with E-state index in [1.807, 2.05) is 21.1 Å². The lowest BCUT2D eigenvalue weighted by molar-refractivity contribution is -0.870. The van der Waals surface area contributed by atoms with Crippen LogP contribution in [0.15, 0.2) is 12.2 Å². The van der Waals surface area contributed by atoms with Gasteiger partial charge in [0.1, 0.15) is 13.2 Å². The van der Waals surface area contributed by atoms with Crippen molar-refractivity contribution in [3.63, 3.8) is 0 Å². The molecular weight excluding hydrogens is 780 g/mol. The molecule has 0 aliphatic heterocycles. The van der Waals surface area contributed by atoms with Crippen LogP contribution in [0.3, 0.4) is 0 Å². The van der Waals surface area contributed by atoms with Gasteiger partial charge < -0.3 is 19.8 Å². The number of likely N-dealkylation sites (N-methyl/N-ethyl adjacent to an activating group) is 1. The molecule has 0 bridgehead atoms. The Morgan fingerprint density at radius 1 is 0.541 bits per heavy atom. The zero-order chi connectivity index (χ0) is 45.0. The molecule has 0 fully saturated rings. The minimum absolute atomic E-state index is 0.0768. The number of nitrogens with zero attached hydrogens (tertiary/aromatic N) is 1. The van der Waals surface area contributed by atoms with Crippen LogP contribution < -0.4 is 5.32 Å². The van der Waals surface area contributed by atoms with Crippen LogP contribution in [0.4, 0.5) is 0 Å². The molecule has 0 radical (unpaired) electrons. The number of hydrogen-bond donors (Lipinski definition) is 3. The van der Waals surface area contributed by atoms with Gasteiger partial charge in [0.15, 0.2) is 0 Å². The Morgan fingerprint density at radius 2 is 0.885 bits per heavy atom. The van der Waals surface area contributed by atoms with Crippen molar-refractivity contribution in [2.24, 2.45) is 0 Å². The topological polar surface area (TPSA) is 105 Å². The van der Waals surface area contributed by atoms with Gasteiger partial charge in [0.05, 0.1) is 39.9 Å². The van der Waals surface area contributed by atoms with Crippen molar-refractivity contribution in [3.8, 4) is 0 Å². The Bertz CT molecular complexity index is 1000. The molecule has 0 saturated carbocycles. The fourth-order valence-corrected chi connectivity index (χ4v) is 8.78. The maximum Gasteiger partial charge on any atom is 0.472 e. The van der Waals surface area contributed by atoms with Gasteiger partial charge >= 0.3 is 7.82 Å². The van der Waals surface area contributed by atoms with Gasteiger partial charge in [0.25, 0.3) is 0 Å². The number of hydrogen-bond acceptors (Lipinski definition) is 5. The van der Waals surface area contributed by atoms with Gasteiger partial charge in [-0.3, -0.25) is 13.8 Å². The summed E-state index contributed by atoms with van der Waals surface area (Å²) in [4.78, 5) is 23.2. The van der Waals surface area contributed by atoms with Gasteiger partial charge in [0.2, 0.25) is 5.91 Å². The number of aliphatic hydroxyl groups is 1. The lowest BCUT2D eigenvalue weighted by atomic mass is 10.0. The summed E-state index contributed by atoms with van der Waals surface area (Å²) in [5.41, 5.74) is 0. The summed E-state index contributed by atoms with van der Waals surface area (Å²) in [5, 5.41) is 13.9. The van der Waals surface area contributed by atoms with Gasteiger partial charge in [-0.15, -0.1) is 0 Å². The first-order valence-corrected chi connectivity index (χ1v) is 28.0. The number of nitrogens with one attached hydrogen (secondary N) is 1. The zero-order valence-electron chi connectivity index (χ0n) is 41.4. The average Bonchev–Trinajstić information content (AvgIpc) is 3.21. The molecular formula is C52H106N2O6P+. The van der Waals surface area contributed by atoms with E-state index in [4.69, 9.17) is 9.05 Å². The number of phosphoric ester groups is 1. The quantitative estimate of drug-likeness (QED) is 0.0243. The fourth-order valence-electron chi connectivity index (χ4n) is 8.04. The summed E-state index contributed by atoms with van der Waals surface area (Å²) in [5.74, 6) is -0.143. The summed E-state index contributed by atoms with van der Waals surface area (Å²) in [6, 6.07) is -0.755. The number of rotatable bonds is 49. The molecule has 0 aliphatic carbocycles. The van der Waals surface area contributed by atoms with Crippen molar-refractivity contribution in [2.45, 2.75) is 276 Å². The molecule has 0 spiro atoms. The van der Waals surface area contributed by atoms with E-state index in [2.05, 4.69) is 31.3 Å². The average molecular weight is 886 g/mol. The van der Waals surface area contributed by atoms with Gasteiger partial charge in [-0.1, -0.05) is 231 Å². The van der Waals surface area contributed by atoms with Gasteiger partial charge in [-0.25, -0.2) is 4.57 Å². The maximum absolute atomic E-state index is 12.9. The van der Waals surface area contributed by atoms with E-state index in [1.54, 1.807) is 0 Å². The number of carbonyl (C=O) groups is 1. The standard InChI is InChI=1S/C52H105N2O6P/c1-6-8-10-12-14-16-17-18-19-20-21-22-23-24-25-26-27-28-29-30-31-32-33-34-35-36-38-40-42-44-46-52(56)53-50(49-60-61(57,58)59-48-47-54(3,4)5)51(55)45-43-41-39-37-15-13-11-9-7-2/h24-25,50-51,55H,6-23,26-49H2,1-5H3,(H-,53,56,57,58)/p+1/b25-24-. The second-order valence-corrected chi connectivity index (χ2v) is 21.1. The smallest absolute Gasteiger partial charge is 0.391 e. The molecule has 9 heteroatoms. The number of allylic oxidation sites excluding steroid dienone is 2. The van der Waals surface area contributed by atoms with Gasteiger partial charge in [-0.05, 0) is 38.5 Å². The molecule has 0 rings (SSSR count). The highest BCUT2D eigenvalue weighted by Crippen LogP contribution is 2.43. The van der Waals surface area contributed by atoms with Crippen LogP contribution in [0.2, 0.25) is 0 Å². The Balaban J connectivity index is 3.94. The zero-order valence-corrected chi connectivity index (χ0v) is 42.3. The van der Waals surface area contributed by atoms with Crippen LogP contribution in [0.25, 0.3) is 0 Å². The SMILES string of the molecule is CCCCCCCCCCCCCC/C=C\CCCCCCCCCCCCCCCCC(=O)NC(COP(=O)(O)OCC[N+](C)(C)C)C(O)CCCCCCCCCCC. The Kier molecular flexibility index (Phi) is 43.9. The number of amides is 1. The van der Waals surface area contributed by atoms with Crippen molar-refractivity contribution in [1.29, 1.82) is 0 Å². The lowest BCUT2D eigenvalue weighted by Crippen LogP contribution is -2.46. The summed E-state index contributed by atoms with van der Waals surface area (Å²) >= 11 is 0. The normalized spacial score (nSPS) is 14.1. The van der Waals surface area contributed by atoms with Crippen molar-refractivity contribution >= 4 is 13.7 Å². The number of unbranched alkanes of at least 4 members (excludes halogenated alkanes) is 34. The van der Waals surface area contributed by atoms with Crippen LogP contribution in [-0.2, 0) is 18.4 Å². The lowest BCUT2D eigenvalue weighted by Gasteiger charge is -2.26. The molecule has 8 nitrogen and oxygen atoms in total. The maximum atomic E-state index is 12.9. The van der Waals surface area contributed by atoms with E-state index in [9.17, 15) is 19.4 Å². The highest BCUT2D eigenvalue weighted by molar-refractivity contribution is 7.47. The first-order valence-electron chi connectivity index (χ1n) is 26.6. The summed E-state index contributed by atoms with van der Waals surface area (Å²) in [7, 11) is 1.62. The molecule has 3 N–H and O–H groups in total. The number of aliphatic hydroxyl groups excluding tert-OH is 1. The van der Waals surface area contributed by atoms with Crippen molar-refractivity contribution in [1.82, 2.24) is 5.32 Å².